The molecule has 0 spiro atoms. The lowest BCUT2D eigenvalue weighted by atomic mass is 9.93. The molecule has 0 amide bonds. The van der Waals surface area contributed by atoms with Crippen LogP contribution in [0.15, 0.2) is 41.9 Å². The highest BCUT2D eigenvalue weighted by molar-refractivity contribution is 5.80. The number of rotatable bonds is 5. The summed E-state index contributed by atoms with van der Waals surface area (Å²) in [5.74, 6) is 0.0615. The van der Waals surface area contributed by atoms with Gasteiger partial charge >= 0.3 is 0 Å². The monoisotopic (exact) mass is 377 g/mol. The smallest absolute Gasteiger partial charge is 0.193 e. The number of ether oxygens (including phenoxy) is 1. The number of aromatic nitrogens is 2. The second kappa shape index (κ2) is 8.83. The van der Waals surface area contributed by atoms with E-state index in [1.54, 1.807) is 13.2 Å². The third kappa shape index (κ3) is 4.75. The fourth-order valence-corrected chi connectivity index (χ4v) is 3.34. The van der Waals surface area contributed by atoms with E-state index < -0.39 is 11.6 Å². The molecule has 27 heavy (non-hydrogen) atoms. The van der Waals surface area contributed by atoms with Crippen molar-refractivity contribution in [3.05, 3.63) is 48.6 Å². The third-order valence-corrected chi connectivity index (χ3v) is 4.87. The Kier molecular flexibility index (Phi) is 6.26. The molecule has 1 fully saturated rings. The molecule has 1 N–H and O–H groups in total. The first-order chi connectivity index (χ1) is 13.1. The van der Waals surface area contributed by atoms with Gasteiger partial charge in [0.1, 0.15) is 12.4 Å². The number of benzene rings is 1. The van der Waals surface area contributed by atoms with Gasteiger partial charge in [0.05, 0.1) is 18.9 Å². The second-order valence-corrected chi connectivity index (χ2v) is 6.69. The van der Waals surface area contributed by atoms with Gasteiger partial charge < -0.3 is 19.5 Å². The van der Waals surface area contributed by atoms with Gasteiger partial charge in [0.2, 0.25) is 0 Å². The zero-order chi connectivity index (χ0) is 19.2. The van der Waals surface area contributed by atoms with E-state index in [0.29, 0.717) is 18.5 Å². The van der Waals surface area contributed by atoms with Crippen molar-refractivity contribution >= 4 is 5.96 Å². The Labute approximate surface area is 157 Å². The molecular formula is C19H25F2N5O. The summed E-state index contributed by atoms with van der Waals surface area (Å²) in [4.78, 5) is 10.7. The van der Waals surface area contributed by atoms with Crippen LogP contribution >= 0.6 is 0 Å². The molecule has 6 nitrogen and oxygen atoms in total. The van der Waals surface area contributed by atoms with Crippen LogP contribution in [0, 0.1) is 17.6 Å². The summed E-state index contributed by atoms with van der Waals surface area (Å²) >= 11 is 0. The van der Waals surface area contributed by atoms with Crippen molar-refractivity contribution in [1.29, 1.82) is 0 Å². The van der Waals surface area contributed by atoms with Crippen LogP contribution in [0.5, 0.6) is 5.75 Å². The average Bonchev–Trinajstić information content (AvgIpc) is 3.18. The molecule has 0 aliphatic carbocycles. The van der Waals surface area contributed by atoms with Crippen LogP contribution in [0.3, 0.4) is 0 Å². The molecule has 0 radical (unpaired) electrons. The van der Waals surface area contributed by atoms with Gasteiger partial charge in [-0.3, -0.25) is 4.99 Å². The summed E-state index contributed by atoms with van der Waals surface area (Å²) in [5.41, 5.74) is 0. The third-order valence-electron chi connectivity index (χ3n) is 4.87. The van der Waals surface area contributed by atoms with Crippen LogP contribution in [0.4, 0.5) is 8.78 Å². The number of imidazole rings is 1. The molecule has 2 aromatic rings. The van der Waals surface area contributed by atoms with E-state index in [4.69, 9.17) is 4.74 Å². The minimum atomic E-state index is -0.701. The Morgan fingerprint density at radius 3 is 2.96 bits per heavy atom. The fraction of sp³-hybridized carbons (Fsp3) is 0.474. The Morgan fingerprint density at radius 2 is 2.26 bits per heavy atom. The molecule has 2 atom stereocenters. The molecule has 146 valence electrons. The van der Waals surface area contributed by atoms with Crippen LogP contribution in [-0.2, 0) is 0 Å². The number of piperidine rings is 1. The molecule has 2 unspecified atom stereocenters. The molecule has 1 saturated heterocycles. The number of hydrogen-bond acceptors (Lipinski definition) is 3. The lowest BCUT2D eigenvalue weighted by molar-refractivity contribution is 0.188. The maximum Gasteiger partial charge on any atom is 0.193 e. The largest absolute Gasteiger partial charge is 0.489 e. The summed E-state index contributed by atoms with van der Waals surface area (Å²) in [6.45, 7) is 4.72. The van der Waals surface area contributed by atoms with Crippen molar-refractivity contribution in [2.45, 2.75) is 19.4 Å². The molecule has 8 heteroatoms. The van der Waals surface area contributed by atoms with E-state index in [1.165, 1.54) is 12.1 Å². The highest BCUT2D eigenvalue weighted by Gasteiger charge is 2.28. The minimum Gasteiger partial charge on any atom is -0.489 e. The summed E-state index contributed by atoms with van der Waals surface area (Å²) in [6.07, 6.45) is 6.70. The standard InChI is InChI=1S/C19H25F2N5O/c1-14-5-8-25(12-17(14)26-9-6-23-13-26)19(22-2)24-7-10-27-18-4-3-15(20)11-16(18)21/h3-4,6,9,11,13-14,17H,5,7-8,10,12H2,1-2H3,(H,22,24). The summed E-state index contributed by atoms with van der Waals surface area (Å²) in [5, 5.41) is 3.25. The molecule has 1 aromatic heterocycles. The Morgan fingerprint density at radius 1 is 1.41 bits per heavy atom. The molecule has 1 aliphatic rings. The van der Waals surface area contributed by atoms with Crippen LogP contribution < -0.4 is 10.1 Å². The van der Waals surface area contributed by atoms with Gasteiger partial charge in [0.15, 0.2) is 17.5 Å². The van der Waals surface area contributed by atoms with E-state index in [1.807, 2.05) is 12.5 Å². The van der Waals surface area contributed by atoms with E-state index in [0.717, 1.165) is 31.5 Å². The quantitative estimate of drug-likeness (QED) is 0.495. The first-order valence-electron chi connectivity index (χ1n) is 9.09. The first-order valence-corrected chi connectivity index (χ1v) is 9.09. The molecular weight excluding hydrogens is 352 g/mol. The Hall–Kier alpha value is -2.64. The number of likely N-dealkylation sites (tertiary alicyclic amines) is 1. The Balaban J connectivity index is 1.51. The van der Waals surface area contributed by atoms with Gasteiger partial charge in [-0.1, -0.05) is 6.92 Å². The first kappa shape index (κ1) is 19.1. The topological polar surface area (TPSA) is 54.7 Å². The normalized spacial score (nSPS) is 20.6. The van der Waals surface area contributed by atoms with E-state index in [2.05, 4.69) is 31.7 Å². The van der Waals surface area contributed by atoms with Crippen molar-refractivity contribution < 1.29 is 13.5 Å². The summed E-state index contributed by atoms with van der Waals surface area (Å²) in [7, 11) is 1.74. The lowest BCUT2D eigenvalue weighted by Crippen LogP contribution is -2.49. The van der Waals surface area contributed by atoms with Crippen molar-refractivity contribution in [3.8, 4) is 5.75 Å². The number of guanidine groups is 1. The molecule has 0 bridgehead atoms. The highest BCUT2D eigenvalue weighted by Crippen LogP contribution is 2.27. The van der Waals surface area contributed by atoms with Crippen LogP contribution in [0.1, 0.15) is 19.4 Å². The van der Waals surface area contributed by atoms with Gasteiger partial charge in [-0.2, -0.15) is 0 Å². The molecule has 2 heterocycles. The number of halogens is 2. The maximum absolute atomic E-state index is 13.6. The van der Waals surface area contributed by atoms with Crippen molar-refractivity contribution in [1.82, 2.24) is 19.8 Å². The van der Waals surface area contributed by atoms with Gasteiger partial charge in [-0.25, -0.2) is 13.8 Å². The van der Waals surface area contributed by atoms with Crippen molar-refractivity contribution in [2.24, 2.45) is 10.9 Å². The maximum atomic E-state index is 13.6. The summed E-state index contributed by atoms with van der Waals surface area (Å²) in [6, 6.07) is 3.62. The lowest BCUT2D eigenvalue weighted by Gasteiger charge is -2.39. The van der Waals surface area contributed by atoms with Gasteiger partial charge in [-0.05, 0) is 24.5 Å². The van der Waals surface area contributed by atoms with Crippen molar-refractivity contribution in [3.63, 3.8) is 0 Å². The number of aliphatic imine (C=N–C) groups is 1. The molecule has 1 aromatic carbocycles. The SMILES string of the molecule is CN=C(NCCOc1ccc(F)cc1F)N1CCC(C)C(n2ccnc2)C1. The molecule has 1 aliphatic heterocycles. The molecule has 3 rings (SSSR count). The van der Waals surface area contributed by atoms with E-state index in [9.17, 15) is 8.78 Å². The van der Waals surface area contributed by atoms with Gasteiger partial charge in [0.25, 0.3) is 0 Å². The fourth-order valence-electron chi connectivity index (χ4n) is 3.34. The van der Waals surface area contributed by atoms with Gasteiger partial charge in [-0.15, -0.1) is 0 Å². The van der Waals surface area contributed by atoms with Crippen molar-refractivity contribution in [2.75, 3.05) is 33.3 Å². The van der Waals surface area contributed by atoms with E-state index >= 15 is 0 Å². The average molecular weight is 377 g/mol. The van der Waals surface area contributed by atoms with Gasteiger partial charge in [0, 0.05) is 38.6 Å². The van der Waals surface area contributed by atoms with Crippen LogP contribution in [0.2, 0.25) is 0 Å². The highest BCUT2D eigenvalue weighted by atomic mass is 19.1. The Bertz CT molecular complexity index is 765. The zero-order valence-electron chi connectivity index (χ0n) is 15.6. The number of nitrogens with zero attached hydrogens (tertiary/aromatic N) is 4. The predicted molar refractivity (Wildman–Crippen MR) is 99.8 cm³/mol. The minimum absolute atomic E-state index is 0.0418. The molecule has 0 saturated carbocycles. The number of nitrogens with one attached hydrogen (secondary N) is 1. The zero-order valence-corrected chi connectivity index (χ0v) is 15.6. The van der Waals surface area contributed by atoms with Crippen LogP contribution in [0.25, 0.3) is 0 Å². The summed E-state index contributed by atoms with van der Waals surface area (Å²) < 4.78 is 34.0. The number of hydrogen-bond donors (Lipinski definition) is 1. The van der Waals surface area contributed by atoms with Crippen LogP contribution in [-0.4, -0.2) is 53.7 Å². The predicted octanol–water partition coefficient (Wildman–Crippen LogP) is 2.70. The van der Waals surface area contributed by atoms with E-state index in [-0.39, 0.29) is 12.4 Å². The second-order valence-electron chi connectivity index (χ2n) is 6.69.